The van der Waals surface area contributed by atoms with E-state index >= 15 is 0 Å². The number of aromatic nitrogens is 4. The number of anilines is 5. The summed E-state index contributed by atoms with van der Waals surface area (Å²) in [6, 6.07) is 105. The summed E-state index contributed by atoms with van der Waals surface area (Å²) in [5.74, 6) is 0. The molecule has 0 aliphatic carbocycles. The maximum Gasteiger partial charge on any atom is 0.107 e. The van der Waals surface area contributed by atoms with Gasteiger partial charge in [-0.2, -0.15) is 0 Å². The van der Waals surface area contributed by atoms with Gasteiger partial charge in [-0.05, 0) is 225 Å². The van der Waals surface area contributed by atoms with Crippen molar-refractivity contribution in [1.82, 2.24) is 33.0 Å². The van der Waals surface area contributed by atoms with Crippen LogP contribution in [0.1, 0.15) is 69.4 Å². The van der Waals surface area contributed by atoms with Crippen LogP contribution in [0, 0.1) is 34.6 Å². The zero-order valence-corrected chi connectivity index (χ0v) is 68.6. The Morgan fingerprint density at radius 1 is 0.241 bits per heavy atom. The van der Waals surface area contributed by atoms with Gasteiger partial charge in [0, 0.05) is 158 Å². The van der Waals surface area contributed by atoms with Gasteiger partial charge in [-0.15, -0.1) is 0 Å². The SMILES string of the molecule is Cc1cc(C)c2c(c1N1C=CN(C)[C@@H]1C)c1ccccc1n2-c1ccccc1.Cc1cc2c(cc1N1C=CN(C(C)C)[C@@H]1C)c1ccccc1n2-c1ccccc1.Cc1cc2c(cc1N1C=CN(C)[C@@H]1C)c1ccccc1n2-c1ccccc1.Cc1cc2c(cc1N1C=CN(c3ccccc3)[C@@H]1C)c1ccccc1n2-c1ccccc1. The number of para-hydroxylation sites is 9. The highest BCUT2D eigenvalue weighted by Gasteiger charge is 2.32. The summed E-state index contributed by atoms with van der Waals surface area (Å²) in [6.45, 7) is 24.6. The van der Waals surface area contributed by atoms with E-state index < -0.39 is 0 Å². The van der Waals surface area contributed by atoms with E-state index in [1.165, 1.54) is 166 Å². The first kappa shape index (κ1) is 73.9. The van der Waals surface area contributed by atoms with Gasteiger partial charge in [0.05, 0.1) is 49.8 Å². The maximum atomic E-state index is 2.41. The number of rotatable bonds is 10. The molecule has 4 atom stereocenters. The Bertz CT molecular complexity index is 6660. The highest BCUT2D eigenvalue weighted by atomic mass is 15.4. The molecule has 0 saturated carbocycles. The summed E-state index contributed by atoms with van der Waals surface area (Å²) in [4.78, 5) is 18.7. The molecule has 4 aromatic heterocycles. The van der Waals surface area contributed by atoms with Gasteiger partial charge < -0.3 is 57.5 Å². The van der Waals surface area contributed by atoms with Gasteiger partial charge >= 0.3 is 0 Å². The molecule has 0 amide bonds. The topological polar surface area (TPSA) is 45.6 Å². The fraction of sp³-hybridized carbons (Fsp3) is 0.173. The quantitative estimate of drug-likeness (QED) is 0.134. The standard InChI is InChI=1S/C29H25N3.C26H27N3.C25H25N3.C24H23N3/c1-21-19-29-26(25-15-9-10-16-27(25)32(29)24-13-7-4-8-14-24)20-28(21)31-18-17-30(22(31)2)23-11-5-3-6-12-23;1-18(2)27-14-15-28(20(27)4)25-17-23-22-12-8-9-13-24(22)29(26(23)16-19(25)3)21-10-6-5-7-11-21;1-17-16-18(2)25-23(24(17)27-15-14-26(4)19(27)3)21-12-8-9-13-22(21)28(25)20-10-6-5-7-11-20;1-17-15-24-21(16-23(17)26-14-13-25(3)18(26)2)20-11-7-8-12-22(20)27(24)19-9-5-4-6-10-19/h3-20,22H,1-2H3;5-18,20H,1-4H3;5-16,19H,1-4H3;4-16,18H,1-3H3/t22-;20-;19-;18-/m0000/s1. The van der Waals surface area contributed by atoms with Crippen LogP contribution in [0.15, 0.2) is 341 Å². The molecule has 21 rings (SSSR count). The third-order valence-electron chi connectivity index (χ3n) is 24.4. The lowest BCUT2D eigenvalue weighted by Gasteiger charge is -2.33. The first-order valence-electron chi connectivity index (χ1n) is 40.8. The highest BCUT2D eigenvalue weighted by molar-refractivity contribution is 6.18. The van der Waals surface area contributed by atoms with Gasteiger partial charge in [0.25, 0.3) is 0 Å². The predicted octanol–water partition coefficient (Wildman–Crippen LogP) is 25.3. The number of fused-ring (bicyclic) bond motifs is 12. The molecule has 8 heterocycles. The van der Waals surface area contributed by atoms with Gasteiger partial charge in [-0.25, -0.2) is 0 Å². The fourth-order valence-corrected chi connectivity index (χ4v) is 18.3. The molecule has 12 heteroatoms. The van der Waals surface area contributed by atoms with Crippen molar-refractivity contribution in [1.29, 1.82) is 0 Å². The van der Waals surface area contributed by atoms with Crippen LogP contribution in [0.25, 0.3) is 110 Å². The Morgan fingerprint density at radius 2 is 0.552 bits per heavy atom. The molecule has 0 saturated heterocycles. The van der Waals surface area contributed by atoms with Crippen LogP contribution < -0.4 is 24.5 Å². The monoisotopic (exact) mass is 1520 g/mol. The van der Waals surface area contributed by atoms with Crippen LogP contribution >= 0.6 is 0 Å². The van der Waals surface area contributed by atoms with E-state index in [1.54, 1.807) is 0 Å². The molecule has 0 spiro atoms. The summed E-state index contributed by atoms with van der Waals surface area (Å²) < 4.78 is 9.54. The molecule has 0 N–H and O–H groups in total. The van der Waals surface area contributed by atoms with Crippen LogP contribution in [0.2, 0.25) is 0 Å². The smallest absolute Gasteiger partial charge is 0.107 e. The van der Waals surface area contributed by atoms with E-state index in [0.29, 0.717) is 24.5 Å². The van der Waals surface area contributed by atoms with E-state index in [-0.39, 0.29) is 6.17 Å². The summed E-state index contributed by atoms with van der Waals surface area (Å²) in [7, 11) is 4.26. The van der Waals surface area contributed by atoms with Crippen LogP contribution in [0.5, 0.6) is 0 Å². The minimum atomic E-state index is 0.205. The van der Waals surface area contributed by atoms with Crippen molar-refractivity contribution in [3.63, 3.8) is 0 Å². The molecule has 0 radical (unpaired) electrons. The predicted molar refractivity (Wildman–Crippen MR) is 493 cm³/mol. The molecular formula is C104H100N12. The van der Waals surface area contributed by atoms with E-state index in [2.05, 4.69) is 489 Å². The summed E-state index contributed by atoms with van der Waals surface area (Å²) in [6.07, 6.45) is 18.6. The molecule has 0 unspecified atom stereocenters. The number of aryl methyl sites for hydroxylation is 5. The minimum absolute atomic E-state index is 0.205. The lowest BCUT2D eigenvalue weighted by Crippen LogP contribution is -2.39. The van der Waals surface area contributed by atoms with Crippen molar-refractivity contribution in [2.24, 2.45) is 0 Å². The van der Waals surface area contributed by atoms with Crippen molar-refractivity contribution in [2.45, 2.75) is 107 Å². The Kier molecular flexibility index (Phi) is 19.4. The lowest BCUT2D eigenvalue weighted by molar-refractivity contribution is 0.263. The van der Waals surface area contributed by atoms with Crippen LogP contribution in [0.3, 0.4) is 0 Å². The molecule has 4 aliphatic rings. The van der Waals surface area contributed by atoms with Crippen molar-refractivity contribution in [3.05, 3.63) is 369 Å². The summed E-state index contributed by atoms with van der Waals surface area (Å²) in [5, 5.41) is 10.4. The maximum absolute atomic E-state index is 2.41. The van der Waals surface area contributed by atoms with E-state index in [9.17, 15) is 0 Å². The molecule has 13 aromatic carbocycles. The van der Waals surface area contributed by atoms with E-state index in [0.717, 1.165) is 0 Å². The highest BCUT2D eigenvalue weighted by Crippen LogP contribution is 2.46. The lowest BCUT2D eigenvalue weighted by atomic mass is 10.0. The molecule has 0 bridgehead atoms. The minimum Gasteiger partial charge on any atom is -0.359 e. The Balaban J connectivity index is 0.000000107. The average molecular weight is 1520 g/mol. The molecule has 0 fully saturated rings. The van der Waals surface area contributed by atoms with Crippen LogP contribution in [0.4, 0.5) is 28.4 Å². The third kappa shape index (κ3) is 12.8. The molecule has 17 aromatic rings. The summed E-state index contributed by atoms with van der Waals surface area (Å²) >= 11 is 0. The Morgan fingerprint density at radius 3 is 0.931 bits per heavy atom. The second kappa shape index (κ2) is 30.4. The third-order valence-corrected chi connectivity index (χ3v) is 24.4. The van der Waals surface area contributed by atoms with Crippen LogP contribution in [-0.2, 0) is 0 Å². The number of benzene rings is 13. The fourth-order valence-electron chi connectivity index (χ4n) is 18.3. The first-order chi connectivity index (χ1) is 56.5. The zero-order chi connectivity index (χ0) is 79.7. The zero-order valence-electron chi connectivity index (χ0n) is 68.6. The number of hydrogen-bond donors (Lipinski definition) is 0. The van der Waals surface area contributed by atoms with Crippen LogP contribution in [-0.4, -0.2) is 77.8 Å². The molecular weight excluding hydrogens is 1420 g/mol. The van der Waals surface area contributed by atoms with E-state index in [1.807, 2.05) is 0 Å². The first-order valence-corrected chi connectivity index (χ1v) is 40.8. The number of hydrogen-bond acceptors (Lipinski definition) is 8. The average Bonchev–Trinajstić information content (AvgIpc) is 1.54. The van der Waals surface area contributed by atoms with E-state index in [4.69, 9.17) is 0 Å². The van der Waals surface area contributed by atoms with Gasteiger partial charge in [-0.3, -0.25) is 0 Å². The van der Waals surface area contributed by atoms with Crippen molar-refractivity contribution < 1.29 is 0 Å². The normalized spacial score (nSPS) is 16.5. The summed E-state index contributed by atoms with van der Waals surface area (Å²) in [5.41, 5.74) is 27.6. The molecule has 12 nitrogen and oxygen atoms in total. The molecule has 116 heavy (non-hydrogen) atoms. The van der Waals surface area contributed by atoms with Gasteiger partial charge in [0.15, 0.2) is 0 Å². The van der Waals surface area contributed by atoms with Gasteiger partial charge in [0.2, 0.25) is 0 Å². The Labute approximate surface area is 681 Å². The molecule has 576 valence electrons. The van der Waals surface area contributed by atoms with Crippen molar-refractivity contribution in [2.75, 3.05) is 38.6 Å². The van der Waals surface area contributed by atoms with Crippen molar-refractivity contribution in [3.8, 4) is 22.7 Å². The molecule has 4 aliphatic heterocycles. The largest absolute Gasteiger partial charge is 0.359 e. The van der Waals surface area contributed by atoms with Gasteiger partial charge in [-0.1, -0.05) is 170 Å². The Hall–Kier alpha value is -13.6. The second-order valence-corrected chi connectivity index (χ2v) is 31.8. The van der Waals surface area contributed by atoms with Crippen molar-refractivity contribution >= 4 is 116 Å². The second-order valence-electron chi connectivity index (χ2n) is 31.8. The number of nitrogens with zero attached hydrogens (tertiary/aromatic N) is 12. The van der Waals surface area contributed by atoms with Gasteiger partial charge in [0.1, 0.15) is 24.7 Å².